The fraction of sp³-hybridized carbons (Fsp3) is 0.133. The maximum absolute atomic E-state index is 12.6. The number of halogens is 3. The van der Waals surface area contributed by atoms with Crippen molar-refractivity contribution in [3.8, 4) is 5.82 Å². The molecule has 0 fully saturated rings. The number of nitrogen functional groups attached to an aromatic ring is 1. The van der Waals surface area contributed by atoms with Crippen molar-refractivity contribution < 1.29 is 18.0 Å². The summed E-state index contributed by atoms with van der Waals surface area (Å²) in [5, 5.41) is 13.3. The number of carbonyl (C=O) groups is 1. The van der Waals surface area contributed by atoms with E-state index in [1.165, 1.54) is 12.1 Å². The predicted octanol–water partition coefficient (Wildman–Crippen LogP) is 1.59. The summed E-state index contributed by atoms with van der Waals surface area (Å²) in [6.07, 6.45) is -4.73. The Labute approximate surface area is 144 Å². The van der Waals surface area contributed by atoms with Gasteiger partial charge in [-0.05, 0) is 17.7 Å². The van der Waals surface area contributed by atoms with E-state index < -0.39 is 23.9 Å². The molecule has 26 heavy (non-hydrogen) atoms. The lowest BCUT2D eigenvalue weighted by atomic mass is 10.2. The minimum Gasteiger partial charge on any atom is -0.368 e. The molecule has 134 valence electrons. The van der Waals surface area contributed by atoms with Gasteiger partial charge >= 0.3 is 6.18 Å². The van der Waals surface area contributed by atoms with Gasteiger partial charge in [0, 0.05) is 6.54 Å². The van der Waals surface area contributed by atoms with Gasteiger partial charge in [0.25, 0.3) is 11.7 Å². The lowest BCUT2D eigenvalue weighted by Crippen LogP contribution is -2.24. The minimum atomic E-state index is -4.73. The molecule has 0 spiro atoms. The fourth-order valence-corrected chi connectivity index (χ4v) is 2.04. The zero-order valence-corrected chi connectivity index (χ0v) is 13.1. The van der Waals surface area contributed by atoms with Gasteiger partial charge in [-0.15, -0.1) is 15.3 Å². The molecule has 0 unspecified atom stereocenters. The first-order chi connectivity index (χ1) is 12.3. The maximum atomic E-state index is 12.6. The summed E-state index contributed by atoms with van der Waals surface area (Å²) < 4.78 is 38.5. The van der Waals surface area contributed by atoms with Crippen molar-refractivity contribution in [1.29, 1.82) is 0 Å². The van der Waals surface area contributed by atoms with Crippen molar-refractivity contribution in [2.45, 2.75) is 12.7 Å². The fourth-order valence-electron chi connectivity index (χ4n) is 2.04. The highest BCUT2D eigenvalue weighted by molar-refractivity contribution is 5.92. The molecule has 3 rings (SSSR count). The number of hydrogen-bond donors (Lipinski definition) is 2. The third-order valence-corrected chi connectivity index (χ3v) is 3.28. The normalized spacial score (nSPS) is 11.3. The first kappa shape index (κ1) is 17.3. The van der Waals surface area contributed by atoms with Crippen LogP contribution >= 0.6 is 0 Å². The van der Waals surface area contributed by atoms with Crippen LogP contribution in [-0.4, -0.2) is 30.9 Å². The second-order valence-corrected chi connectivity index (χ2v) is 5.15. The van der Waals surface area contributed by atoms with Gasteiger partial charge in [0.05, 0.1) is 0 Å². The van der Waals surface area contributed by atoms with Gasteiger partial charge in [-0.25, -0.2) is 0 Å². The van der Waals surface area contributed by atoms with Gasteiger partial charge in [0.1, 0.15) is 0 Å². The number of aromatic nitrogens is 5. The number of alkyl halides is 3. The van der Waals surface area contributed by atoms with Crippen LogP contribution in [0.25, 0.3) is 5.82 Å². The second kappa shape index (κ2) is 6.78. The molecule has 3 N–H and O–H groups in total. The van der Waals surface area contributed by atoms with Gasteiger partial charge in [-0.1, -0.05) is 30.3 Å². The van der Waals surface area contributed by atoms with Crippen LogP contribution < -0.4 is 11.1 Å². The van der Waals surface area contributed by atoms with Gasteiger partial charge in [0.2, 0.25) is 5.95 Å². The molecule has 3 aromatic rings. The molecule has 0 aliphatic carbocycles. The van der Waals surface area contributed by atoms with Crippen LogP contribution in [0.4, 0.5) is 19.1 Å². The van der Waals surface area contributed by atoms with Crippen molar-refractivity contribution in [3.05, 3.63) is 59.5 Å². The molecule has 0 saturated heterocycles. The summed E-state index contributed by atoms with van der Waals surface area (Å²) >= 11 is 0. The molecular weight excluding hydrogens is 351 g/mol. The van der Waals surface area contributed by atoms with E-state index in [-0.39, 0.29) is 11.5 Å². The van der Waals surface area contributed by atoms with E-state index in [1.807, 2.05) is 30.3 Å². The molecule has 11 heteroatoms. The molecule has 8 nitrogen and oxygen atoms in total. The van der Waals surface area contributed by atoms with E-state index in [1.54, 1.807) is 0 Å². The number of nitrogens with one attached hydrogen (secondary N) is 1. The van der Waals surface area contributed by atoms with Gasteiger partial charge in [0.15, 0.2) is 11.5 Å². The van der Waals surface area contributed by atoms with Gasteiger partial charge < -0.3 is 11.1 Å². The molecular formula is C15H12F3N7O. The van der Waals surface area contributed by atoms with Crippen molar-refractivity contribution in [2.75, 3.05) is 5.73 Å². The highest BCUT2D eigenvalue weighted by Crippen LogP contribution is 2.27. The van der Waals surface area contributed by atoms with Crippen LogP contribution in [0.1, 0.15) is 21.9 Å². The van der Waals surface area contributed by atoms with E-state index in [9.17, 15) is 18.0 Å². The maximum Gasteiger partial charge on any atom is 0.453 e. The number of rotatable bonds is 4. The standard InChI is InChI=1S/C15H12F3N7O/c16-15(17,18)13-21-14(19)25(24-13)11-7-6-10(22-23-11)12(26)20-8-9-4-2-1-3-5-9/h1-7H,8H2,(H,20,26)(H2,19,21,24). The largest absolute Gasteiger partial charge is 0.453 e. The van der Waals surface area contributed by atoms with E-state index in [2.05, 4.69) is 25.6 Å². The Hall–Kier alpha value is -3.50. The SMILES string of the molecule is Nc1nc(C(F)(F)F)nn1-c1ccc(C(=O)NCc2ccccc2)nn1. The van der Waals surface area contributed by atoms with Crippen molar-refractivity contribution in [1.82, 2.24) is 30.3 Å². The zero-order valence-electron chi connectivity index (χ0n) is 13.1. The number of carbonyl (C=O) groups excluding carboxylic acids is 1. The zero-order chi connectivity index (χ0) is 18.7. The second-order valence-electron chi connectivity index (χ2n) is 5.15. The van der Waals surface area contributed by atoms with E-state index in [0.717, 1.165) is 5.56 Å². The summed E-state index contributed by atoms with van der Waals surface area (Å²) in [6, 6.07) is 11.8. The summed E-state index contributed by atoms with van der Waals surface area (Å²) in [4.78, 5) is 15.2. The van der Waals surface area contributed by atoms with Crippen molar-refractivity contribution >= 4 is 11.9 Å². The first-order valence-electron chi connectivity index (χ1n) is 7.30. The third-order valence-electron chi connectivity index (χ3n) is 3.28. The molecule has 0 saturated carbocycles. The molecule has 0 aliphatic rings. The molecule has 1 amide bonds. The van der Waals surface area contributed by atoms with Crippen LogP contribution in [-0.2, 0) is 12.7 Å². The Morgan fingerprint density at radius 1 is 1.12 bits per heavy atom. The van der Waals surface area contributed by atoms with Crippen LogP contribution in [0.15, 0.2) is 42.5 Å². The average Bonchev–Trinajstić information content (AvgIpc) is 3.03. The number of hydrogen-bond acceptors (Lipinski definition) is 6. The summed E-state index contributed by atoms with van der Waals surface area (Å²) in [5.74, 6) is -2.45. The lowest BCUT2D eigenvalue weighted by molar-refractivity contribution is -0.144. The van der Waals surface area contributed by atoms with Gasteiger partial charge in [-0.3, -0.25) is 4.79 Å². The average molecular weight is 363 g/mol. The summed E-state index contributed by atoms with van der Waals surface area (Å²) in [5.41, 5.74) is 6.33. The van der Waals surface area contributed by atoms with Crippen LogP contribution in [0, 0.1) is 0 Å². The number of amides is 1. The molecule has 0 radical (unpaired) electrons. The van der Waals surface area contributed by atoms with Crippen molar-refractivity contribution in [2.24, 2.45) is 0 Å². The predicted molar refractivity (Wildman–Crippen MR) is 84.0 cm³/mol. The number of nitrogens with zero attached hydrogens (tertiary/aromatic N) is 5. The quantitative estimate of drug-likeness (QED) is 0.728. The molecule has 1 aromatic carbocycles. The van der Waals surface area contributed by atoms with Crippen molar-refractivity contribution in [3.63, 3.8) is 0 Å². The Morgan fingerprint density at radius 2 is 1.85 bits per heavy atom. The first-order valence-corrected chi connectivity index (χ1v) is 7.30. The monoisotopic (exact) mass is 363 g/mol. The van der Waals surface area contributed by atoms with Crippen LogP contribution in [0.5, 0.6) is 0 Å². The van der Waals surface area contributed by atoms with Crippen LogP contribution in [0.2, 0.25) is 0 Å². The topological polar surface area (TPSA) is 112 Å². The summed E-state index contributed by atoms with van der Waals surface area (Å²) in [6.45, 7) is 0.300. The third kappa shape index (κ3) is 3.77. The minimum absolute atomic E-state index is 0.000544. The van der Waals surface area contributed by atoms with E-state index in [4.69, 9.17) is 5.73 Å². The van der Waals surface area contributed by atoms with E-state index >= 15 is 0 Å². The molecule has 2 aromatic heterocycles. The molecule has 0 bridgehead atoms. The Morgan fingerprint density at radius 3 is 2.42 bits per heavy atom. The number of benzene rings is 1. The molecule has 0 atom stereocenters. The van der Waals surface area contributed by atoms with E-state index in [0.29, 0.717) is 11.2 Å². The van der Waals surface area contributed by atoms with Gasteiger partial charge in [-0.2, -0.15) is 22.8 Å². The smallest absolute Gasteiger partial charge is 0.368 e. The Bertz CT molecular complexity index is 907. The Kier molecular flexibility index (Phi) is 4.52. The van der Waals surface area contributed by atoms with Crippen LogP contribution in [0.3, 0.4) is 0 Å². The Balaban J connectivity index is 1.72. The lowest BCUT2D eigenvalue weighted by Gasteiger charge is -2.05. The molecule has 0 aliphatic heterocycles. The highest BCUT2D eigenvalue weighted by Gasteiger charge is 2.37. The summed E-state index contributed by atoms with van der Waals surface area (Å²) in [7, 11) is 0. The number of nitrogens with two attached hydrogens (primary N) is 1. The molecule has 2 heterocycles. The number of anilines is 1. The highest BCUT2D eigenvalue weighted by atomic mass is 19.4.